The summed E-state index contributed by atoms with van der Waals surface area (Å²) in [7, 11) is 0. The molecule has 4 heteroatoms. The van der Waals surface area contributed by atoms with Crippen molar-refractivity contribution in [3.63, 3.8) is 0 Å². The number of nitroso groups, excluding NO2 is 1. The molecule has 0 aromatic heterocycles. The molecule has 0 aliphatic rings. The van der Waals surface area contributed by atoms with Gasteiger partial charge in [-0.25, -0.2) is 0 Å². The molecule has 0 aliphatic carbocycles. The highest BCUT2D eigenvalue weighted by atomic mass is 16.5. The second kappa shape index (κ2) is 7.04. The van der Waals surface area contributed by atoms with E-state index < -0.39 is 0 Å². The van der Waals surface area contributed by atoms with Crippen LogP contribution < -0.4 is 0 Å². The zero-order valence-corrected chi connectivity index (χ0v) is 6.23. The average molecular weight is 162 g/mol. The molecule has 0 aromatic carbocycles. The highest BCUT2D eigenvalue weighted by molar-refractivity contribution is 5.18. The van der Waals surface area contributed by atoms with Gasteiger partial charge in [-0.2, -0.15) is 4.91 Å². The molecule has 0 unspecified atom stereocenters. The summed E-state index contributed by atoms with van der Waals surface area (Å²) in [6, 6.07) is 0. The molecule has 0 rings (SSSR count). The maximum absolute atomic E-state index is 9.78. The first-order chi connectivity index (χ1) is 5.85. The molecule has 0 bridgehead atoms. The lowest BCUT2D eigenvalue weighted by Gasteiger charge is -1.92. The van der Waals surface area contributed by atoms with Crippen molar-refractivity contribution >= 4 is 0 Å². The molecular weight excluding hydrogens is 156 g/mol. The van der Waals surface area contributed by atoms with Gasteiger partial charge >= 0.3 is 0 Å². The van der Waals surface area contributed by atoms with Crippen molar-refractivity contribution in [2.24, 2.45) is 5.18 Å². The number of rotatable bonds is 4. The lowest BCUT2D eigenvalue weighted by atomic mass is 10.4. The fourth-order valence-electron chi connectivity index (χ4n) is 0.452. The predicted octanol–water partition coefficient (Wildman–Crippen LogP) is 1.32. The van der Waals surface area contributed by atoms with E-state index in [0.717, 1.165) is 0 Å². The minimum absolute atomic E-state index is 0.166. The summed E-state index contributed by atoms with van der Waals surface area (Å²) in [5.74, 6) is 2.40. The van der Waals surface area contributed by atoms with Crippen molar-refractivity contribution in [3.8, 4) is 18.6 Å². The number of allylic oxidation sites excluding steroid dienone is 3. The minimum Gasteiger partial charge on any atom is -0.390 e. The monoisotopic (exact) mass is 162 g/mol. The summed E-state index contributed by atoms with van der Waals surface area (Å²) in [6.45, 7) is -0.178. The van der Waals surface area contributed by atoms with Gasteiger partial charge in [-0.05, 0) is 12.2 Å². The predicted molar refractivity (Wildman–Crippen MR) is 43.4 cm³/mol. The Kier molecular flexibility index (Phi) is 5.83. The van der Waals surface area contributed by atoms with E-state index in [-0.39, 0.29) is 12.3 Å². The Morgan fingerprint density at radius 2 is 2.50 bits per heavy atom. The topological polar surface area (TPSA) is 62.4 Å². The summed E-state index contributed by atoms with van der Waals surface area (Å²) in [5, 5.41) is 10.7. The summed E-state index contributed by atoms with van der Waals surface area (Å²) >= 11 is 0. The van der Waals surface area contributed by atoms with Crippen molar-refractivity contribution in [3.05, 3.63) is 28.9 Å². The van der Waals surface area contributed by atoms with Crippen molar-refractivity contribution in [1.29, 1.82) is 5.26 Å². The lowest BCUT2D eigenvalue weighted by Crippen LogP contribution is -1.88. The Balaban J connectivity index is 4.20. The highest BCUT2D eigenvalue weighted by Gasteiger charge is 1.94. The number of terminal acetylenes is 1. The molecular formula is C8H6N2O2. The van der Waals surface area contributed by atoms with Crippen LogP contribution in [0, 0.1) is 28.8 Å². The standard InChI is InChI=1S/C8H6N2O2/c1-2-3-4-5-8(6-10-11)12-7-9/h1,3-5H,6H2/b4-3-,8-5+. The molecule has 0 radical (unpaired) electrons. The van der Waals surface area contributed by atoms with Gasteiger partial charge < -0.3 is 4.74 Å². The maximum Gasteiger partial charge on any atom is 0.291 e. The third kappa shape index (κ3) is 4.78. The highest BCUT2D eigenvalue weighted by Crippen LogP contribution is 1.96. The van der Waals surface area contributed by atoms with E-state index in [1.165, 1.54) is 24.5 Å². The van der Waals surface area contributed by atoms with Gasteiger partial charge in [-0.3, -0.25) is 0 Å². The third-order valence-corrected chi connectivity index (χ3v) is 0.872. The van der Waals surface area contributed by atoms with Crippen LogP contribution in [0.1, 0.15) is 0 Å². The van der Waals surface area contributed by atoms with Crippen LogP contribution in [-0.4, -0.2) is 6.54 Å². The Morgan fingerprint density at radius 3 is 3.00 bits per heavy atom. The van der Waals surface area contributed by atoms with Crippen molar-refractivity contribution < 1.29 is 4.74 Å². The Labute approximate surface area is 70.1 Å². The molecule has 0 amide bonds. The van der Waals surface area contributed by atoms with Crippen LogP contribution in [0.5, 0.6) is 0 Å². The molecule has 0 aliphatic heterocycles. The van der Waals surface area contributed by atoms with Gasteiger partial charge in [0.25, 0.3) is 6.26 Å². The average Bonchev–Trinajstić information content (AvgIpc) is 2.06. The van der Waals surface area contributed by atoms with E-state index in [9.17, 15) is 4.91 Å². The summed E-state index contributed by atoms with van der Waals surface area (Å²) < 4.78 is 4.38. The molecule has 0 atom stereocenters. The first-order valence-electron chi connectivity index (χ1n) is 3.02. The zero-order valence-electron chi connectivity index (χ0n) is 6.23. The van der Waals surface area contributed by atoms with Gasteiger partial charge in [0.15, 0.2) is 0 Å². The van der Waals surface area contributed by atoms with Crippen LogP contribution in [0.25, 0.3) is 0 Å². The fraction of sp³-hybridized carbons (Fsp3) is 0.125. The van der Waals surface area contributed by atoms with Gasteiger partial charge in [0, 0.05) is 0 Å². The second-order valence-electron chi connectivity index (χ2n) is 1.64. The SMILES string of the molecule is C#C/C=C\C=C(/CN=O)OC#N. The normalized spacial score (nSPS) is 10.3. The smallest absolute Gasteiger partial charge is 0.291 e. The quantitative estimate of drug-likeness (QED) is 0.206. The van der Waals surface area contributed by atoms with Gasteiger partial charge in [-0.15, -0.1) is 11.7 Å². The molecule has 0 spiro atoms. The van der Waals surface area contributed by atoms with E-state index in [4.69, 9.17) is 11.7 Å². The van der Waals surface area contributed by atoms with Crippen LogP contribution >= 0.6 is 0 Å². The van der Waals surface area contributed by atoms with E-state index in [0.29, 0.717) is 0 Å². The molecule has 0 aromatic rings. The molecule has 12 heavy (non-hydrogen) atoms. The molecule has 0 heterocycles. The zero-order chi connectivity index (χ0) is 9.23. The number of hydrogen-bond acceptors (Lipinski definition) is 4. The third-order valence-electron chi connectivity index (χ3n) is 0.872. The van der Waals surface area contributed by atoms with Gasteiger partial charge in [0.05, 0.1) is 0 Å². The molecule has 0 saturated carbocycles. The first kappa shape index (κ1) is 9.93. The minimum atomic E-state index is -0.178. The van der Waals surface area contributed by atoms with E-state index in [1.54, 1.807) is 0 Å². The van der Waals surface area contributed by atoms with Crippen molar-refractivity contribution in [1.82, 2.24) is 0 Å². The fourth-order valence-corrected chi connectivity index (χ4v) is 0.452. The molecule has 60 valence electrons. The molecule has 0 N–H and O–H groups in total. The van der Waals surface area contributed by atoms with Crippen LogP contribution in [-0.2, 0) is 4.74 Å². The number of ether oxygens (including phenoxy) is 1. The van der Waals surface area contributed by atoms with Crippen LogP contribution in [0.4, 0.5) is 0 Å². The van der Waals surface area contributed by atoms with Gasteiger partial charge in [0.2, 0.25) is 0 Å². The van der Waals surface area contributed by atoms with Crippen molar-refractivity contribution in [2.45, 2.75) is 0 Å². The van der Waals surface area contributed by atoms with E-state index in [2.05, 4.69) is 15.8 Å². The first-order valence-corrected chi connectivity index (χ1v) is 3.02. The largest absolute Gasteiger partial charge is 0.390 e. The number of nitrogens with zero attached hydrogens (tertiary/aromatic N) is 2. The second-order valence-corrected chi connectivity index (χ2v) is 1.64. The van der Waals surface area contributed by atoms with Crippen LogP contribution in [0.2, 0.25) is 0 Å². The summed E-state index contributed by atoms with van der Waals surface area (Å²) in [6.07, 6.45) is 10.6. The Bertz CT molecular complexity index is 278. The molecule has 0 fully saturated rings. The van der Waals surface area contributed by atoms with Gasteiger partial charge in [-0.1, -0.05) is 17.2 Å². The van der Waals surface area contributed by atoms with E-state index in [1.807, 2.05) is 0 Å². The number of hydrogen-bond donors (Lipinski definition) is 0. The van der Waals surface area contributed by atoms with E-state index >= 15 is 0 Å². The molecule has 4 nitrogen and oxygen atoms in total. The van der Waals surface area contributed by atoms with Crippen LogP contribution in [0.15, 0.2) is 29.2 Å². The van der Waals surface area contributed by atoms with Crippen LogP contribution in [0.3, 0.4) is 0 Å². The lowest BCUT2D eigenvalue weighted by molar-refractivity contribution is 0.369. The summed E-state index contributed by atoms with van der Waals surface area (Å²) in [4.78, 5) is 9.78. The van der Waals surface area contributed by atoms with Crippen molar-refractivity contribution in [2.75, 3.05) is 6.54 Å². The Morgan fingerprint density at radius 1 is 1.75 bits per heavy atom. The number of nitriles is 1. The van der Waals surface area contributed by atoms with Gasteiger partial charge in [0.1, 0.15) is 12.3 Å². The Hall–Kier alpha value is -2.07. The maximum atomic E-state index is 9.78. The summed E-state index contributed by atoms with van der Waals surface area (Å²) in [5.41, 5.74) is 0. The molecule has 0 saturated heterocycles.